The van der Waals surface area contributed by atoms with E-state index in [4.69, 9.17) is 21.7 Å². The fourth-order valence-electron chi connectivity index (χ4n) is 0.631. The van der Waals surface area contributed by atoms with Gasteiger partial charge in [-0.2, -0.15) is 11.8 Å². The van der Waals surface area contributed by atoms with Crippen LogP contribution in [0.1, 0.15) is 6.92 Å². The van der Waals surface area contributed by atoms with E-state index in [0.717, 1.165) is 11.8 Å². The lowest BCUT2D eigenvalue weighted by molar-refractivity contribution is -0.139. The summed E-state index contributed by atoms with van der Waals surface area (Å²) >= 11 is 1.14. The van der Waals surface area contributed by atoms with Gasteiger partial charge < -0.3 is 21.7 Å². The third kappa shape index (κ3) is 4.45. The second kappa shape index (κ2) is 5.84. The van der Waals surface area contributed by atoms with Crippen LogP contribution in [0.3, 0.4) is 0 Å². The Hall–Kier alpha value is -0.790. The molecule has 1 unspecified atom stereocenters. The van der Waals surface area contributed by atoms with Crippen LogP contribution in [0.25, 0.3) is 0 Å². The summed E-state index contributed by atoms with van der Waals surface area (Å²) in [5.74, 6) is -2.06. The predicted molar refractivity (Wildman–Crippen MR) is 53.1 cm³/mol. The molecule has 0 spiro atoms. The van der Waals surface area contributed by atoms with E-state index in [0.29, 0.717) is 0 Å². The monoisotopic (exact) mass is 222 g/mol. The Kier molecular flexibility index (Phi) is 5.51. The molecule has 0 aliphatic heterocycles. The molecule has 0 bridgehead atoms. The minimum Gasteiger partial charge on any atom is -0.480 e. The van der Waals surface area contributed by atoms with Gasteiger partial charge in [-0.15, -0.1) is 0 Å². The topological polar surface area (TPSA) is 127 Å². The molecule has 0 aliphatic carbocycles. The first-order valence-electron chi connectivity index (χ1n) is 3.94. The van der Waals surface area contributed by atoms with E-state index in [9.17, 15) is 9.59 Å². The second-order valence-corrected chi connectivity index (χ2v) is 4.26. The van der Waals surface area contributed by atoms with Gasteiger partial charge in [-0.1, -0.05) is 6.92 Å². The molecule has 0 fully saturated rings. The standard InChI is InChI=1S/C7H14N2O4S/c1-3(5(9)7(12)13)14-2-4(8)6(10)11/h3-5H,2,8-9H2,1H3,(H,10,11)(H,12,13)/t3?,4-,5+/m0/s1. The summed E-state index contributed by atoms with van der Waals surface area (Å²) in [7, 11) is 0. The minimum absolute atomic E-state index is 0.150. The molecular weight excluding hydrogens is 208 g/mol. The molecular formula is C7H14N2O4S. The van der Waals surface area contributed by atoms with Gasteiger partial charge in [0, 0.05) is 11.0 Å². The summed E-state index contributed by atoms with van der Waals surface area (Å²) in [6.45, 7) is 1.62. The Morgan fingerprint density at radius 1 is 1.29 bits per heavy atom. The summed E-state index contributed by atoms with van der Waals surface area (Å²) in [4.78, 5) is 20.8. The van der Waals surface area contributed by atoms with Gasteiger partial charge in [-0.05, 0) is 0 Å². The highest BCUT2D eigenvalue weighted by atomic mass is 32.2. The molecule has 0 heterocycles. The first-order valence-corrected chi connectivity index (χ1v) is 4.99. The molecule has 82 valence electrons. The molecule has 0 amide bonds. The first kappa shape index (κ1) is 13.2. The zero-order valence-corrected chi connectivity index (χ0v) is 8.53. The molecule has 0 saturated carbocycles. The summed E-state index contributed by atoms with van der Waals surface area (Å²) in [6.07, 6.45) is 0. The summed E-state index contributed by atoms with van der Waals surface area (Å²) in [5.41, 5.74) is 10.5. The van der Waals surface area contributed by atoms with Crippen LogP contribution in [0.2, 0.25) is 0 Å². The SMILES string of the molecule is CC(SC[C@H](N)C(=O)O)[C@@H](N)C(=O)O. The van der Waals surface area contributed by atoms with Crippen molar-refractivity contribution in [1.82, 2.24) is 0 Å². The molecule has 6 nitrogen and oxygen atoms in total. The third-order valence-corrected chi connectivity index (χ3v) is 3.02. The molecule has 3 atom stereocenters. The van der Waals surface area contributed by atoms with E-state index in [1.165, 1.54) is 0 Å². The van der Waals surface area contributed by atoms with Crippen LogP contribution < -0.4 is 11.5 Å². The molecule has 0 aromatic rings. The van der Waals surface area contributed by atoms with Crippen LogP contribution in [0.15, 0.2) is 0 Å². The Morgan fingerprint density at radius 3 is 2.14 bits per heavy atom. The van der Waals surface area contributed by atoms with Gasteiger partial charge in [0.15, 0.2) is 0 Å². The maximum atomic E-state index is 10.4. The number of hydrogen-bond donors (Lipinski definition) is 4. The molecule has 0 aliphatic rings. The van der Waals surface area contributed by atoms with Crippen molar-refractivity contribution in [3.05, 3.63) is 0 Å². The largest absolute Gasteiger partial charge is 0.480 e. The van der Waals surface area contributed by atoms with Crippen molar-refractivity contribution in [3.63, 3.8) is 0 Å². The van der Waals surface area contributed by atoms with E-state index in [1.807, 2.05) is 0 Å². The number of carboxylic acids is 2. The molecule has 0 aromatic carbocycles. The Labute approximate surface area is 85.6 Å². The van der Waals surface area contributed by atoms with Crippen LogP contribution >= 0.6 is 11.8 Å². The van der Waals surface area contributed by atoms with E-state index in [-0.39, 0.29) is 11.0 Å². The number of hydrogen-bond acceptors (Lipinski definition) is 5. The smallest absolute Gasteiger partial charge is 0.321 e. The number of nitrogens with two attached hydrogens (primary N) is 2. The van der Waals surface area contributed by atoms with Crippen molar-refractivity contribution in [2.45, 2.75) is 24.3 Å². The molecule has 0 saturated heterocycles. The third-order valence-electron chi connectivity index (χ3n) is 1.65. The second-order valence-electron chi connectivity index (χ2n) is 2.85. The Morgan fingerprint density at radius 2 is 1.79 bits per heavy atom. The number of rotatable bonds is 6. The molecule has 14 heavy (non-hydrogen) atoms. The highest BCUT2D eigenvalue weighted by Gasteiger charge is 2.22. The van der Waals surface area contributed by atoms with Gasteiger partial charge in [0.25, 0.3) is 0 Å². The van der Waals surface area contributed by atoms with Gasteiger partial charge in [0.2, 0.25) is 0 Å². The highest BCUT2D eigenvalue weighted by molar-refractivity contribution is 8.00. The van der Waals surface area contributed by atoms with Gasteiger partial charge in [-0.25, -0.2) is 0 Å². The molecule has 0 rings (SSSR count). The number of aliphatic carboxylic acids is 2. The maximum absolute atomic E-state index is 10.4. The number of carboxylic acid groups (broad SMARTS) is 2. The lowest BCUT2D eigenvalue weighted by atomic mass is 10.2. The maximum Gasteiger partial charge on any atom is 0.321 e. The van der Waals surface area contributed by atoms with E-state index in [2.05, 4.69) is 0 Å². The van der Waals surface area contributed by atoms with E-state index < -0.39 is 24.0 Å². The fraction of sp³-hybridized carbons (Fsp3) is 0.714. The minimum atomic E-state index is -1.10. The average molecular weight is 222 g/mol. The van der Waals surface area contributed by atoms with Gasteiger partial charge in [-0.3, -0.25) is 9.59 Å². The van der Waals surface area contributed by atoms with E-state index >= 15 is 0 Å². The lowest BCUT2D eigenvalue weighted by Crippen LogP contribution is -2.40. The van der Waals surface area contributed by atoms with Crippen molar-refractivity contribution in [2.24, 2.45) is 11.5 Å². The molecule has 7 heteroatoms. The average Bonchev–Trinajstić information content (AvgIpc) is 2.11. The normalized spacial score (nSPS) is 17.1. The van der Waals surface area contributed by atoms with Gasteiger partial charge in [0.1, 0.15) is 12.1 Å². The Bertz CT molecular complexity index is 224. The van der Waals surface area contributed by atoms with Crippen LogP contribution in [-0.2, 0) is 9.59 Å². The Balaban J connectivity index is 3.90. The van der Waals surface area contributed by atoms with Crippen molar-refractivity contribution in [2.75, 3.05) is 5.75 Å². The zero-order valence-electron chi connectivity index (χ0n) is 7.71. The first-order chi connectivity index (χ1) is 6.36. The molecule has 6 N–H and O–H groups in total. The van der Waals surface area contributed by atoms with Crippen molar-refractivity contribution in [3.8, 4) is 0 Å². The fourth-order valence-corrected chi connectivity index (χ4v) is 1.61. The summed E-state index contributed by atoms with van der Waals surface area (Å²) < 4.78 is 0. The lowest BCUT2D eigenvalue weighted by Gasteiger charge is -2.16. The molecule has 0 aromatic heterocycles. The van der Waals surface area contributed by atoms with Crippen LogP contribution in [0, 0.1) is 0 Å². The molecule has 0 radical (unpaired) electrons. The van der Waals surface area contributed by atoms with Crippen molar-refractivity contribution in [1.29, 1.82) is 0 Å². The number of carbonyl (C=O) groups is 2. The van der Waals surface area contributed by atoms with Crippen LogP contribution in [0.4, 0.5) is 0 Å². The summed E-state index contributed by atoms with van der Waals surface area (Å²) in [5, 5.41) is 16.6. The van der Waals surface area contributed by atoms with Gasteiger partial charge in [0.05, 0.1) is 0 Å². The van der Waals surface area contributed by atoms with Crippen LogP contribution in [0.5, 0.6) is 0 Å². The van der Waals surface area contributed by atoms with Crippen LogP contribution in [-0.4, -0.2) is 45.2 Å². The van der Waals surface area contributed by atoms with Crippen molar-refractivity contribution >= 4 is 23.7 Å². The quantitative estimate of drug-likeness (QED) is 0.450. The zero-order chi connectivity index (χ0) is 11.3. The highest BCUT2D eigenvalue weighted by Crippen LogP contribution is 2.14. The predicted octanol–water partition coefficient (Wildman–Crippen LogP) is -1.07. The van der Waals surface area contributed by atoms with Crippen molar-refractivity contribution < 1.29 is 19.8 Å². The number of thioether (sulfide) groups is 1. The summed E-state index contributed by atoms with van der Waals surface area (Å²) in [6, 6.07) is -1.98. The van der Waals surface area contributed by atoms with Gasteiger partial charge >= 0.3 is 11.9 Å². The van der Waals surface area contributed by atoms with E-state index in [1.54, 1.807) is 6.92 Å².